The molecule has 0 unspecified atom stereocenters. The number of carboxylic acids is 1. The van der Waals surface area contributed by atoms with E-state index in [-0.39, 0.29) is 50.9 Å². The van der Waals surface area contributed by atoms with Gasteiger partial charge in [0.25, 0.3) is 0 Å². The molecule has 0 radical (unpaired) electrons. The van der Waals surface area contributed by atoms with E-state index in [1.807, 2.05) is 22.9 Å². The monoisotopic (exact) mass is 784 g/mol. The van der Waals surface area contributed by atoms with Crippen LogP contribution >= 0.6 is 0 Å². The summed E-state index contributed by atoms with van der Waals surface area (Å²) in [5.41, 5.74) is 3.42. The molecular weight excluding hydrogens is 729 g/mol. The first kappa shape index (κ1) is 41.8. The lowest BCUT2D eigenvalue weighted by Gasteiger charge is -2.36. The van der Waals surface area contributed by atoms with Crippen molar-refractivity contribution in [1.82, 2.24) is 18.5 Å². The second-order valence-corrected chi connectivity index (χ2v) is 18.2. The molecule has 1 atom stereocenters. The van der Waals surface area contributed by atoms with Crippen LogP contribution in [0, 0.1) is 6.92 Å². The number of rotatable bonds is 11. The van der Waals surface area contributed by atoms with Crippen molar-refractivity contribution in [3.8, 4) is 17.0 Å². The second-order valence-electron chi connectivity index (χ2n) is 16.4. The summed E-state index contributed by atoms with van der Waals surface area (Å²) in [5.74, 6) is -0.0791. The van der Waals surface area contributed by atoms with E-state index in [2.05, 4.69) is 17.6 Å². The Morgan fingerprint density at radius 3 is 2.29 bits per heavy atom. The quantitative estimate of drug-likeness (QED) is 0.192. The van der Waals surface area contributed by atoms with Gasteiger partial charge >= 0.3 is 28.4 Å². The van der Waals surface area contributed by atoms with Crippen LogP contribution < -0.4 is 9.46 Å². The summed E-state index contributed by atoms with van der Waals surface area (Å²) in [5, 5.41) is 11.0. The first-order valence-corrected chi connectivity index (χ1v) is 20.4. The van der Waals surface area contributed by atoms with Gasteiger partial charge < -0.3 is 28.6 Å². The molecule has 2 heterocycles. The molecule has 14 nitrogen and oxygen atoms in total. The lowest BCUT2D eigenvalue weighted by atomic mass is 9.81. The van der Waals surface area contributed by atoms with Crippen molar-refractivity contribution in [3.63, 3.8) is 0 Å². The number of aromatic carboxylic acids is 1. The molecule has 2 N–H and O–H groups in total. The van der Waals surface area contributed by atoms with Crippen molar-refractivity contribution in [2.45, 2.75) is 110 Å². The highest BCUT2D eigenvalue weighted by Gasteiger charge is 2.36. The predicted molar refractivity (Wildman–Crippen MR) is 209 cm³/mol. The van der Waals surface area contributed by atoms with Gasteiger partial charge in [-0.05, 0) is 96.6 Å². The maximum Gasteiger partial charge on any atom is 0.422 e. The van der Waals surface area contributed by atoms with Crippen molar-refractivity contribution in [3.05, 3.63) is 53.1 Å². The second kappa shape index (κ2) is 16.8. The summed E-state index contributed by atoms with van der Waals surface area (Å²) >= 11 is 0. The van der Waals surface area contributed by atoms with E-state index in [0.717, 1.165) is 57.7 Å². The molecular formula is C40H56N4O10S. The number of benzene rings is 2. The number of aromatic nitrogens is 1. The van der Waals surface area contributed by atoms with E-state index >= 15 is 0 Å². The molecule has 55 heavy (non-hydrogen) atoms. The Hall–Kier alpha value is -4.34. The third-order valence-corrected chi connectivity index (χ3v) is 11.2. The molecule has 1 aliphatic heterocycles. The third-order valence-electron chi connectivity index (χ3n) is 9.78. The number of likely N-dealkylation sites (N-methyl/N-ethyl adjacent to an activating group) is 1. The van der Waals surface area contributed by atoms with Gasteiger partial charge in [0.1, 0.15) is 23.6 Å². The fourth-order valence-electron chi connectivity index (χ4n) is 7.28. The standard InChI is InChI=1S/C40H56N4O10S/c1-26-13-12-16-32-33(26)35-34(27-14-10-9-11-15-27)30-18-17-28(36(45)46)23-31(30)44(35)24-29(25-52-32)43(38(48)54-40(5,6)7)20-22-51-21-19-42(8)55(49,50)41-37(47)53-39(2,3)4/h12-13,16-18,23,27,29H,9-11,14-15,19-22,24-25H2,1-8H3,(H,41,47)(H,45,46)/t29-/m1/s1. The van der Waals surface area contributed by atoms with Crippen LogP contribution in [-0.2, 0) is 31.0 Å². The fourth-order valence-corrected chi connectivity index (χ4v) is 8.00. The zero-order chi connectivity index (χ0) is 40.3. The molecule has 0 spiro atoms. The van der Waals surface area contributed by atoms with Crippen LogP contribution in [0.2, 0.25) is 0 Å². The van der Waals surface area contributed by atoms with Crippen molar-refractivity contribution in [2.75, 3.05) is 40.0 Å². The summed E-state index contributed by atoms with van der Waals surface area (Å²) < 4.78 is 53.8. The summed E-state index contributed by atoms with van der Waals surface area (Å²) in [6, 6.07) is 10.7. The smallest absolute Gasteiger partial charge is 0.422 e. The van der Waals surface area contributed by atoms with Crippen molar-refractivity contribution >= 4 is 39.3 Å². The molecule has 0 saturated heterocycles. The number of hydrogen-bond donors (Lipinski definition) is 2. The molecule has 2 aromatic carbocycles. The molecule has 3 aromatic rings. The third kappa shape index (κ3) is 10.3. The molecule has 2 amide bonds. The first-order valence-electron chi connectivity index (χ1n) is 18.9. The van der Waals surface area contributed by atoms with Crippen LogP contribution in [0.25, 0.3) is 22.2 Å². The molecule has 1 aromatic heterocycles. The van der Waals surface area contributed by atoms with E-state index in [4.69, 9.17) is 18.9 Å². The lowest BCUT2D eigenvalue weighted by Crippen LogP contribution is -2.50. The minimum atomic E-state index is -4.19. The predicted octanol–water partition coefficient (Wildman–Crippen LogP) is 7.08. The van der Waals surface area contributed by atoms with Crippen molar-refractivity contribution in [1.29, 1.82) is 0 Å². The molecule has 1 fully saturated rings. The first-order chi connectivity index (χ1) is 25.8. The fraction of sp³-hybridized carbons (Fsp3) is 0.575. The van der Waals surface area contributed by atoms with E-state index in [9.17, 15) is 27.9 Å². The number of carbonyl (C=O) groups is 3. The zero-order valence-electron chi connectivity index (χ0n) is 33.3. The molecule has 1 saturated carbocycles. The maximum absolute atomic E-state index is 14.0. The van der Waals surface area contributed by atoms with Crippen LogP contribution in [-0.4, -0.2) is 103 Å². The number of carbonyl (C=O) groups excluding carboxylic acids is 2. The van der Waals surface area contributed by atoms with Gasteiger partial charge in [-0.25, -0.2) is 19.1 Å². The summed E-state index contributed by atoms with van der Waals surface area (Å²) in [4.78, 5) is 40.0. The Labute approximate surface area is 324 Å². The Morgan fingerprint density at radius 2 is 1.64 bits per heavy atom. The Bertz CT molecular complexity index is 1990. The van der Waals surface area contributed by atoms with Gasteiger partial charge in [0.05, 0.1) is 30.5 Å². The number of fused-ring (bicyclic) bond motifs is 5. The average molecular weight is 785 g/mol. The van der Waals surface area contributed by atoms with Crippen LogP contribution in [0.1, 0.15) is 101 Å². The molecule has 15 heteroatoms. The van der Waals surface area contributed by atoms with Gasteiger partial charge in [0.2, 0.25) is 0 Å². The van der Waals surface area contributed by atoms with Crippen LogP contribution in [0.15, 0.2) is 36.4 Å². The van der Waals surface area contributed by atoms with E-state index in [1.54, 1.807) is 58.6 Å². The van der Waals surface area contributed by atoms with Crippen LogP contribution in [0.4, 0.5) is 9.59 Å². The van der Waals surface area contributed by atoms with Crippen LogP contribution in [0.5, 0.6) is 5.75 Å². The zero-order valence-corrected chi connectivity index (χ0v) is 34.1. The van der Waals surface area contributed by atoms with Crippen molar-refractivity contribution < 1.29 is 46.9 Å². The minimum Gasteiger partial charge on any atom is -0.491 e. The average Bonchev–Trinajstić information content (AvgIpc) is 3.37. The van der Waals surface area contributed by atoms with Gasteiger partial charge in [-0.1, -0.05) is 37.5 Å². The van der Waals surface area contributed by atoms with E-state index < -0.39 is 45.6 Å². The number of aryl methyl sites for hydroxylation is 1. The number of amides is 2. The number of carboxylic acid groups (broad SMARTS) is 1. The van der Waals surface area contributed by atoms with Gasteiger partial charge in [-0.15, -0.1) is 0 Å². The highest BCUT2D eigenvalue weighted by atomic mass is 32.2. The summed E-state index contributed by atoms with van der Waals surface area (Å²) in [6.07, 6.45) is 3.77. The normalized spacial score (nSPS) is 16.7. The topological polar surface area (TPSA) is 166 Å². The number of ether oxygens (including phenoxy) is 4. The Morgan fingerprint density at radius 1 is 0.964 bits per heavy atom. The largest absolute Gasteiger partial charge is 0.491 e. The Balaban J connectivity index is 1.46. The van der Waals surface area contributed by atoms with Gasteiger partial charge in [0.15, 0.2) is 0 Å². The Kier molecular flexibility index (Phi) is 12.8. The lowest BCUT2D eigenvalue weighted by molar-refractivity contribution is -0.000589. The molecule has 1 aliphatic carbocycles. The molecule has 5 rings (SSSR count). The summed E-state index contributed by atoms with van der Waals surface area (Å²) in [7, 11) is -2.88. The number of hydrogen-bond acceptors (Lipinski definition) is 9. The molecule has 0 bridgehead atoms. The number of nitrogens with one attached hydrogen (secondary N) is 1. The van der Waals surface area contributed by atoms with E-state index in [0.29, 0.717) is 5.75 Å². The highest BCUT2D eigenvalue weighted by Crippen LogP contribution is 2.48. The highest BCUT2D eigenvalue weighted by molar-refractivity contribution is 7.87. The minimum absolute atomic E-state index is 0.0309. The van der Waals surface area contributed by atoms with Gasteiger partial charge in [-0.3, -0.25) is 4.90 Å². The molecule has 2 aliphatic rings. The van der Waals surface area contributed by atoms with E-state index in [1.165, 1.54) is 19.0 Å². The molecule has 302 valence electrons. The van der Waals surface area contributed by atoms with Crippen molar-refractivity contribution in [2.24, 2.45) is 0 Å². The maximum atomic E-state index is 14.0. The van der Waals surface area contributed by atoms with Gasteiger partial charge in [-0.2, -0.15) is 12.7 Å². The number of nitrogens with zero attached hydrogens (tertiary/aromatic N) is 3. The van der Waals surface area contributed by atoms with Gasteiger partial charge in [0, 0.05) is 43.1 Å². The van der Waals surface area contributed by atoms with Crippen LogP contribution in [0.3, 0.4) is 0 Å². The SMILES string of the molecule is Cc1cccc2c1-c1c(C3CCCCC3)c3ccc(C(=O)O)cc3n1C[C@@H](N(CCOCCN(C)S(=O)(=O)NC(=O)OC(C)(C)C)C(=O)OC(C)(C)C)CO2. The summed E-state index contributed by atoms with van der Waals surface area (Å²) in [6.45, 7) is 12.7.